The van der Waals surface area contributed by atoms with Gasteiger partial charge < -0.3 is 10.0 Å². The first-order chi connectivity index (χ1) is 14.2. The lowest BCUT2D eigenvalue weighted by Gasteiger charge is -2.41. The molecule has 3 aromatic rings. The lowest BCUT2D eigenvalue weighted by molar-refractivity contribution is 0.211. The molecule has 3 nitrogen and oxygen atoms in total. The van der Waals surface area contributed by atoms with Crippen molar-refractivity contribution in [1.82, 2.24) is 4.90 Å². The van der Waals surface area contributed by atoms with E-state index in [1.54, 1.807) is 24.3 Å². The van der Waals surface area contributed by atoms with Crippen LogP contribution in [-0.2, 0) is 6.61 Å². The smallest absolute Gasteiger partial charge is 0.123 e. The van der Waals surface area contributed by atoms with E-state index in [4.69, 9.17) is 0 Å². The van der Waals surface area contributed by atoms with E-state index in [-0.39, 0.29) is 24.3 Å². The molecule has 1 heterocycles. The second-order valence-electron chi connectivity index (χ2n) is 7.32. The summed E-state index contributed by atoms with van der Waals surface area (Å²) < 4.78 is 26.9. The summed E-state index contributed by atoms with van der Waals surface area (Å²) in [6.07, 6.45) is 0. The fourth-order valence-corrected chi connectivity index (χ4v) is 4.08. The fourth-order valence-electron chi connectivity index (χ4n) is 4.08. The molecule has 150 valence electrons. The number of nitrogens with zero attached hydrogens (tertiary/aromatic N) is 2. The third-order valence-corrected chi connectivity index (χ3v) is 5.55. The molecule has 0 atom stereocenters. The number of rotatable bonds is 5. The molecule has 1 saturated heterocycles. The topological polar surface area (TPSA) is 26.7 Å². The van der Waals surface area contributed by atoms with E-state index in [0.29, 0.717) is 0 Å². The Hall–Kier alpha value is -2.76. The van der Waals surface area contributed by atoms with Gasteiger partial charge in [-0.05, 0) is 41.5 Å². The SMILES string of the molecule is OCc1ccccc1N1CCN(C(c2ccc(F)cc2)c2ccc(F)cc2)CC1. The number of aliphatic hydroxyl groups excluding tert-OH is 1. The third-order valence-electron chi connectivity index (χ3n) is 5.55. The van der Waals surface area contributed by atoms with Crippen LogP contribution >= 0.6 is 0 Å². The average Bonchev–Trinajstić information content (AvgIpc) is 2.77. The molecule has 4 rings (SSSR count). The average molecular weight is 394 g/mol. The first kappa shape index (κ1) is 19.6. The van der Waals surface area contributed by atoms with Crippen LogP contribution in [-0.4, -0.2) is 36.2 Å². The van der Waals surface area contributed by atoms with Crippen LogP contribution < -0.4 is 4.90 Å². The van der Waals surface area contributed by atoms with E-state index in [1.807, 2.05) is 24.3 Å². The van der Waals surface area contributed by atoms with Crippen molar-refractivity contribution in [3.05, 3.63) is 101 Å². The number of halogens is 2. The maximum absolute atomic E-state index is 13.5. The summed E-state index contributed by atoms with van der Waals surface area (Å²) in [7, 11) is 0. The third kappa shape index (κ3) is 4.31. The summed E-state index contributed by atoms with van der Waals surface area (Å²) in [4.78, 5) is 4.63. The van der Waals surface area contributed by atoms with Gasteiger partial charge in [-0.2, -0.15) is 0 Å². The van der Waals surface area contributed by atoms with Crippen molar-refractivity contribution >= 4 is 5.69 Å². The fraction of sp³-hybridized carbons (Fsp3) is 0.250. The van der Waals surface area contributed by atoms with E-state index in [9.17, 15) is 13.9 Å². The van der Waals surface area contributed by atoms with Crippen molar-refractivity contribution in [2.75, 3.05) is 31.1 Å². The minimum atomic E-state index is -0.267. The van der Waals surface area contributed by atoms with Gasteiger partial charge in [-0.15, -0.1) is 0 Å². The predicted octanol–water partition coefficient (Wildman–Crippen LogP) is 4.37. The first-order valence-corrected chi connectivity index (χ1v) is 9.84. The zero-order valence-electron chi connectivity index (χ0n) is 16.1. The number of aliphatic hydroxyl groups is 1. The minimum absolute atomic E-state index is 0.0180. The molecular formula is C24H24F2N2O. The Morgan fingerprint density at radius 1 is 0.724 bits per heavy atom. The van der Waals surface area contributed by atoms with Crippen molar-refractivity contribution < 1.29 is 13.9 Å². The van der Waals surface area contributed by atoms with Crippen LogP contribution in [0.25, 0.3) is 0 Å². The Bertz CT molecular complexity index is 890. The van der Waals surface area contributed by atoms with Gasteiger partial charge in [0.1, 0.15) is 11.6 Å². The molecule has 0 bridgehead atoms. The lowest BCUT2D eigenvalue weighted by Crippen LogP contribution is -2.48. The molecule has 1 N–H and O–H groups in total. The number of piperazine rings is 1. The van der Waals surface area contributed by atoms with Crippen molar-refractivity contribution in [3.8, 4) is 0 Å². The van der Waals surface area contributed by atoms with E-state index < -0.39 is 0 Å². The Morgan fingerprint density at radius 3 is 1.76 bits per heavy atom. The van der Waals surface area contributed by atoms with Crippen molar-refractivity contribution in [2.24, 2.45) is 0 Å². The number of para-hydroxylation sites is 1. The maximum Gasteiger partial charge on any atom is 0.123 e. The van der Waals surface area contributed by atoms with Crippen molar-refractivity contribution in [2.45, 2.75) is 12.6 Å². The summed E-state index contributed by atoms with van der Waals surface area (Å²) in [6, 6.07) is 20.9. The van der Waals surface area contributed by atoms with Gasteiger partial charge in [0.2, 0.25) is 0 Å². The molecule has 5 heteroatoms. The molecule has 0 radical (unpaired) electrons. The molecule has 1 aliphatic rings. The highest BCUT2D eigenvalue weighted by Gasteiger charge is 2.27. The van der Waals surface area contributed by atoms with Crippen LogP contribution in [0.5, 0.6) is 0 Å². The number of benzene rings is 3. The first-order valence-electron chi connectivity index (χ1n) is 9.84. The minimum Gasteiger partial charge on any atom is -0.392 e. The monoisotopic (exact) mass is 394 g/mol. The number of anilines is 1. The lowest BCUT2D eigenvalue weighted by atomic mass is 9.96. The molecule has 0 unspecified atom stereocenters. The van der Waals surface area contributed by atoms with Gasteiger partial charge in [-0.25, -0.2) is 8.78 Å². The van der Waals surface area contributed by atoms with Crippen LogP contribution in [0.15, 0.2) is 72.8 Å². The molecule has 0 aliphatic carbocycles. The van der Waals surface area contributed by atoms with Crippen LogP contribution in [0, 0.1) is 11.6 Å². The zero-order chi connectivity index (χ0) is 20.2. The van der Waals surface area contributed by atoms with Crippen LogP contribution in [0.4, 0.5) is 14.5 Å². The summed E-state index contributed by atoms with van der Waals surface area (Å²) >= 11 is 0. The maximum atomic E-state index is 13.5. The molecule has 1 aliphatic heterocycles. The van der Waals surface area contributed by atoms with Gasteiger partial charge in [0.15, 0.2) is 0 Å². The summed E-state index contributed by atoms with van der Waals surface area (Å²) in [5.74, 6) is -0.533. The van der Waals surface area contributed by atoms with Gasteiger partial charge in [-0.3, -0.25) is 4.90 Å². The molecule has 3 aromatic carbocycles. The molecule has 29 heavy (non-hydrogen) atoms. The highest BCUT2D eigenvalue weighted by molar-refractivity contribution is 5.53. The van der Waals surface area contributed by atoms with E-state index in [0.717, 1.165) is 48.6 Å². The van der Waals surface area contributed by atoms with Crippen LogP contribution in [0.2, 0.25) is 0 Å². The molecular weight excluding hydrogens is 370 g/mol. The number of hydrogen-bond acceptors (Lipinski definition) is 3. The van der Waals surface area contributed by atoms with Gasteiger partial charge >= 0.3 is 0 Å². The molecule has 1 fully saturated rings. The van der Waals surface area contributed by atoms with Crippen molar-refractivity contribution in [1.29, 1.82) is 0 Å². The van der Waals surface area contributed by atoms with Crippen LogP contribution in [0.1, 0.15) is 22.7 Å². The highest BCUT2D eigenvalue weighted by atomic mass is 19.1. The Balaban J connectivity index is 1.58. The molecule has 0 aromatic heterocycles. The summed E-state index contributed by atoms with van der Waals surface area (Å²) in [5.41, 5.74) is 3.97. The molecule has 0 saturated carbocycles. The largest absolute Gasteiger partial charge is 0.392 e. The van der Waals surface area contributed by atoms with E-state index in [2.05, 4.69) is 9.80 Å². The number of hydrogen-bond donors (Lipinski definition) is 1. The van der Waals surface area contributed by atoms with Gasteiger partial charge in [0.05, 0.1) is 12.6 Å². The standard InChI is InChI=1S/C24H24F2N2O/c25-21-9-5-18(6-10-21)24(19-7-11-22(26)12-8-19)28-15-13-27(14-16-28)23-4-2-1-3-20(23)17-29/h1-12,24,29H,13-17H2. The summed E-state index contributed by atoms with van der Waals surface area (Å²) in [6.45, 7) is 3.26. The van der Waals surface area contributed by atoms with E-state index in [1.165, 1.54) is 24.3 Å². The second-order valence-corrected chi connectivity index (χ2v) is 7.32. The van der Waals surface area contributed by atoms with Gasteiger partial charge in [0.25, 0.3) is 0 Å². The van der Waals surface area contributed by atoms with E-state index >= 15 is 0 Å². The normalized spacial score (nSPS) is 15.1. The quantitative estimate of drug-likeness (QED) is 0.696. The van der Waals surface area contributed by atoms with Crippen LogP contribution in [0.3, 0.4) is 0 Å². The molecule has 0 spiro atoms. The summed E-state index contributed by atoms with van der Waals surface area (Å²) in [5, 5.41) is 9.63. The van der Waals surface area contributed by atoms with Crippen molar-refractivity contribution in [3.63, 3.8) is 0 Å². The predicted molar refractivity (Wildman–Crippen MR) is 111 cm³/mol. The van der Waals surface area contributed by atoms with Gasteiger partial charge in [0, 0.05) is 37.4 Å². The molecule has 0 amide bonds. The Labute approximate surface area is 169 Å². The second kappa shape index (κ2) is 8.72. The Morgan fingerprint density at radius 2 is 1.24 bits per heavy atom. The zero-order valence-corrected chi connectivity index (χ0v) is 16.1. The Kier molecular flexibility index (Phi) is 5.88. The van der Waals surface area contributed by atoms with Gasteiger partial charge in [-0.1, -0.05) is 42.5 Å². The highest BCUT2D eigenvalue weighted by Crippen LogP contribution is 2.31.